The molecule has 8 heteroatoms. The van der Waals surface area contributed by atoms with Gasteiger partial charge in [-0.3, -0.25) is 10.1 Å². The normalized spacial score (nSPS) is 10.2. The van der Waals surface area contributed by atoms with Gasteiger partial charge in [0.15, 0.2) is 0 Å². The lowest BCUT2D eigenvalue weighted by molar-refractivity contribution is -0.383. The number of carboxylic acid groups (broad SMARTS) is 1. The van der Waals surface area contributed by atoms with Crippen molar-refractivity contribution in [1.82, 2.24) is 0 Å². The zero-order valence-electron chi connectivity index (χ0n) is 10.3. The van der Waals surface area contributed by atoms with E-state index in [-0.39, 0.29) is 16.9 Å². The molecule has 0 bridgehead atoms. The van der Waals surface area contributed by atoms with Gasteiger partial charge in [-0.2, -0.15) is 0 Å². The Morgan fingerprint density at radius 1 is 1.10 bits per heavy atom. The molecule has 0 saturated heterocycles. The number of nitrogens with zero attached hydrogens (tertiary/aromatic N) is 1. The Morgan fingerprint density at radius 3 is 2.19 bits per heavy atom. The third-order valence-corrected chi connectivity index (χ3v) is 4.00. The molecule has 0 aliphatic heterocycles. The summed E-state index contributed by atoms with van der Waals surface area (Å²) >= 11 is 6.64. The van der Waals surface area contributed by atoms with Crippen molar-refractivity contribution in [2.75, 3.05) is 5.32 Å². The van der Waals surface area contributed by atoms with Crippen molar-refractivity contribution in [3.63, 3.8) is 0 Å². The highest BCUT2D eigenvalue weighted by Gasteiger charge is 2.22. The van der Waals surface area contributed by atoms with E-state index in [1.54, 1.807) is 18.2 Å². The molecule has 0 atom stereocenters. The first kappa shape index (κ1) is 15.5. The summed E-state index contributed by atoms with van der Waals surface area (Å²) in [6.45, 7) is 0. The van der Waals surface area contributed by atoms with Gasteiger partial charge in [0.25, 0.3) is 5.69 Å². The second kappa shape index (κ2) is 6.23. The summed E-state index contributed by atoms with van der Waals surface area (Å²) in [5.41, 5.74) is -0.0405. The van der Waals surface area contributed by atoms with E-state index < -0.39 is 10.9 Å². The van der Waals surface area contributed by atoms with Crippen LogP contribution in [0.4, 0.5) is 17.1 Å². The average molecular weight is 416 g/mol. The van der Waals surface area contributed by atoms with Crippen LogP contribution >= 0.6 is 31.9 Å². The Hall–Kier alpha value is -1.93. The zero-order chi connectivity index (χ0) is 15.6. The molecule has 108 valence electrons. The minimum absolute atomic E-state index is 0.0670. The quantitative estimate of drug-likeness (QED) is 0.563. The minimum atomic E-state index is -1.25. The summed E-state index contributed by atoms with van der Waals surface area (Å²) in [6, 6.07) is 9.14. The summed E-state index contributed by atoms with van der Waals surface area (Å²) in [5.74, 6) is -1.25. The van der Waals surface area contributed by atoms with E-state index >= 15 is 0 Å². The molecule has 2 rings (SSSR count). The number of nitro groups is 1. The summed E-state index contributed by atoms with van der Waals surface area (Å²) in [4.78, 5) is 21.8. The van der Waals surface area contributed by atoms with Crippen LogP contribution in [0.1, 0.15) is 10.4 Å². The van der Waals surface area contributed by atoms with Crippen molar-refractivity contribution >= 4 is 54.9 Å². The molecule has 0 amide bonds. The monoisotopic (exact) mass is 414 g/mol. The van der Waals surface area contributed by atoms with Gasteiger partial charge in [-0.25, -0.2) is 4.79 Å². The van der Waals surface area contributed by atoms with Gasteiger partial charge in [0.1, 0.15) is 5.69 Å². The van der Waals surface area contributed by atoms with Crippen molar-refractivity contribution in [3.05, 3.63) is 61.0 Å². The van der Waals surface area contributed by atoms with Gasteiger partial charge in [-0.1, -0.05) is 12.1 Å². The van der Waals surface area contributed by atoms with E-state index in [0.29, 0.717) is 14.6 Å². The van der Waals surface area contributed by atoms with E-state index in [4.69, 9.17) is 0 Å². The molecule has 0 aliphatic carbocycles. The predicted octanol–water partition coefficient (Wildman–Crippen LogP) is 4.56. The molecular weight excluding hydrogens is 408 g/mol. The molecule has 21 heavy (non-hydrogen) atoms. The summed E-state index contributed by atoms with van der Waals surface area (Å²) in [6.07, 6.45) is 0. The molecule has 0 spiro atoms. The minimum Gasteiger partial charge on any atom is -0.478 e. The van der Waals surface area contributed by atoms with Crippen molar-refractivity contribution in [3.8, 4) is 0 Å². The maximum absolute atomic E-state index is 11.3. The second-order valence-corrected chi connectivity index (χ2v) is 5.69. The zero-order valence-corrected chi connectivity index (χ0v) is 13.5. The summed E-state index contributed by atoms with van der Waals surface area (Å²) in [7, 11) is 0. The third kappa shape index (κ3) is 3.22. The van der Waals surface area contributed by atoms with Gasteiger partial charge >= 0.3 is 5.97 Å². The smallest absolute Gasteiger partial charge is 0.338 e. The van der Waals surface area contributed by atoms with E-state index in [9.17, 15) is 20.0 Å². The van der Waals surface area contributed by atoms with Crippen molar-refractivity contribution in [2.45, 2.75) is 0 Å². The number of nitro benzene ring substituents is 1. The Labute approximate surface area is 136 Å². The number of para-hydroxylation sites is 2. The SMILES string of the molecule is O=C(O)c1cccc([N+](=O)[O-])c1Nc1c(Br)cccc1Br. The molecule has 2 aromatic rings. The first-order valence-corrected chi connectivity index (χ1v) is 7.22. The van der Waals surface area contributed by atoms with E-state index in [2.05, 4.69) is 37.2 Å². The molecule has 0 heterocycles. The Morgan fingerprint density at radius 2 is 1.67 bits per heavy atom. The third-order valence-electron chi connectivity index (χ3n) is 2.68. The van der Waals surface area contributed by atoms with E-state index in [0.717, 1.165) is 0 Å². The van der Waals surface area contributed by atoms with Gasteiger partial charge in [-0.05, 0) is 50.1 Å². The van der Waals surface area contributed by atoms with E-state index in [1.165, 1.54) is 18.2 Å². The van der Waals surface area contributed by atoms with Crippen LogP contribution in [0.3, 0.4) is 0 Å². The van der Waals surface area contributed by atoms with Crippen LogP contribution in [0.2, 0.25) is 0 Å². The summed E-state index contributed by atoms with van der Waals surface area (Å²) < 4.78 is 1.29. The predicted molar refractivity (Wildman–Crippen MR) is 85.2 cm³/mol. The number of carbonyl (C=O) groups is 1. The Kier molecular flexibility index (Phi) is 4.59. The first-order chi connectivity index (χ1) is 9.91. The molecule has 0 saturated carbocycles. The van der Waals surface area contributed by atoms with Crippen molar-refractivity contribution in [2.24, 2.45) is 0 Å². The van der Waals surface area contributed by atoms with Crippen molar-refractivity contribution < 1.29 is 14.8 Å². The Balaban J connectivity index is 2.62. The van der Waals surface area contributed by atoms with Crippen LogP contribution in [0.25, 0.3) is 0 Å². The van der Waals surface area contributed by atoms with Gasteiger partial charge in [0.05, 0.1) is 16.2 Å². The second-order valence-electron chi connectivity index (χ2n) is 3.98. The molecule has 0 aromatic heterocycles. The molecular formula is C13H8Br2N2O4. The molecule has 0 radical (unpaired) electrons. The number of hydrogen-bond acceptors (Lipinski definition) is 4. The van der Waals surface area contributed by atoms with Crippen LogP contribution in [-0.4, -0.2) is 16.0 Å². The number of aromatic carboxylic acids is 1. The number of halogens is 2. The fraction of sp³-hybridized carbons (Fsp3) is 0. The topological polar surface area (TPSA) is 92.5 Å². The van der Waals surface area contributed by atoms with Gasteiger partial charge in [-0.15, -0.1) is 0 Å². The first-order valence-electron chi connectivity index (χ1n) is 5.63. The van der Waals surface area contributed by atoms with Crippen molar-refractivity contribution in [1.29, 1.82) is 0 Å². The number of carboxylic acids is 1. The lowest BCUT2D eigenvalue weighted by atomic mass is 10.1. The number of anilines is 2. The number of hydrogen-bond donors (Lipinski definition) is 2. The van der Waals surface area contributed by atoms with Crippen LogP contribution in [0, 0.1) is 10.1 Å². The molecule has 2 aromatic carbocycles. The molecule has 6 nitrogen and oxygen atoms in total. The number of rotatable bonds is 4. The molecule has 2 N–H and O–H groups in total. The van der Waals surface area contributed by atoms with Crippen LogP contribution in [0.15, 0.2) is 45.3 Å². The fourth-order valence-electron chi connectivity index (χ4n) is 1.74. The highest BCUT2D eigenvalue weighted by Crippen LogP contribution is 2.37. The largest absolute Gasteiger partial charge is 0.478 e. The molecule has 0 unspecified atom stereocenters. The lowest BCUT2D eigenvalue weighted by Gasteiger charge is -2.13. The fourth-order valence-corrected chi connectivity index (χ4v) is 2.94. The summed E-state index contributed by atoms with van der Waals surface area (Å²) in [5, 5.41) is 23.1. The molecule has 0 aliphatic rings. The maximum atomic E-state index is 11.3. The van der Waals surface area contributed by atoms with Crippen LogP contribution < -0.4 is 5.32 Å². The van der Waals surface area contributed by atoms with Gasteiger partial charge in [0, 0.05) is 15.0 Å². The van der Waals surface area contributed by atoms with Gasteiger partial charge in [0.2, 0.25) is 0 Å². The van der Waals surface area contributed by atoms with Crippen LogP contribution in [0.5, 0.6) is 0 Å². The lowest BCUT2D eigenvalue weighted by Crippen LogP contribution is -2.06. The van der Waals surface area contributed by atoms with E-state index in [1.807, 2.05) is 0 Å². The number of benzene rings is 2. The highest BCUT2D eigenvalue weighted by atomic mass is 79.9. The average Bonchev–Trinajstić information content (AvgIpc) is 2.42. The highest BCUT2D eigenvalue weighted by molar-refractivity contribution is 9.11. The maximum Gasteiger partial charge on any atom is 0.338 e. The number of nitrogens with one attached hydrogen (secondary N) is 1. The van der Waals surface area contributed by atoms with Crippen LogP contribution in [-0.2, 0) is 0 Å². The Bertz CT molecular complexity index is 682. The standard InChI is InChI=1S/C13H8Br2N2O4/c14-8-4-2-5-9(15)12(8)16-11-7(13(18)19)3-1-6-10(11)17(20)21/h1-6,16H,(H,18,19). The molecule has 0 fully saturated rings. The van der Waals surface area contributed by atoms with Gasteiger partial charge < -0.3 is 10.4 Å².